The molecule has 0 aliphatic carbocycles. The van der Waals surface area contributed by atoms with Crippen LogP contribution < -0.4 is 0 Å². The number of benzene rings is 12. The highest BCUT2D eigenvalue weighted by molar-refractivity contribution is 6.14. The summed E-state index contributed by atoms with van der Waals surface area (Å²) in [6.45, 7) is 26.0. The quantitative estimate of drug-likeness (QED) is 0.128. The monoisotopic (exact) mass is 1160 g/mol. The van der Waals surface area contributed by atoms with Gasteiger partial charge in [-0.3, -0.25) is 0 Å². The molecule has 15 rings (SSSR count). The summed E-state index contributed by atoms with van der Waals surface area (Å²) >= 11 is 0. The number of aryl methyl sites for hydroxylation is 8. The fourth-order valence-electron chi connectivity index (χ4n) is 13.9. The first-order valence-electron chi connectivity index (χ1n) is 30.8. The van der Waals surface area contributed by atoms with Gasteiger partial charge in [0.15, 0.2) is 23.2 Å². The molecule has 0 saturated carbocycles. The van der Waals surface area contributed by atoms with E-state index in [1.165, 1.54) is 66.8 Å². The normalized spacial score (nSPS) is 11.5. The molecule has 15 aromatic rings. The Morgan fingerprint density at radius 1 is 0.256 bits per heavy atom. The van der Waals surface area contributed by atoms with Gasteiger partial charge >= 0.3 is 0 Å². The molecule has 0 unspecified atom stereocenters. The van der Waals surface area contributed by atoms with E-state index in [1.807, 2.05) is 66.7 Å². The predicted octanol–water partition coefficient (Wildman–Crippen LogP) is 22.4. The molecule has 0 aliphatic rings. The summed E-state index contributed by atoms with van der Waals surface area (Å²) in [4.78, 5) is 19.9. The van der Waals surface area contributed by atoms with Gasteiger partial charge < -0.3 is 9.13 Å². The van der Waals surface area contributed by atoms with E-state index < -0.39 is 0 Å². The van der Waals surface area contributed by atoms with Crippen LogP contribution in [0.2, 0.25) is 0 Å². The van der Waals surface area contributed by atoms with Crippen molar-refractivity contribution in [3.05, 3.63) is 299 Å². The van der Waals surface area contributed by atoms with Crippen LogP contribution in [0.5, 0.6) is 0 Å². The molecule has 430 valence electrons. The highest BCUT2D eigenvalue weighted by Gasteiger charge is 2.25. The lowest BCUT2D eigenvalue weighted by atomic mass is 9.97. The van der Waals surface area contributed by atoms with Crippen molar-refractivity contribution in [3.63, 3.8) is 0 Å². The summed E-state index contributed by atoms with van der Waals surface area (Å²) in [5, 5.41) is 4.53. The van der Waals surface area contributed by atoms with Gasteiger partial charge in [0.1, 0.15) is 0 Å². The summed E-state index contributed by atoms with van der Waals surface area (Å²) in [7, 11) is 0. The Hall–Kier alpha value is -11.3. The molecule has 0 spiro atoms. The standard InChI is InChI=1S/C84H64N6/c1-50-32-51(2)37-65(36-50)60-21-27-76-71(44-60)72-45-61(66-38-52(3)33-53(4)39-66)22-28-77(72)89(76)80-31-25-69(85-9)49-75(80)70-26-20-64(84-87-82(58-16-12-10-13-17-58)86-83(88-84)59-18-14-11-15-19-59)48-81(70)90-78-29-23-62(67-40-54(5)34-55(6)41-67)46-73(78)74-47-63(24-30-79(74)90)68-42-56(7)35-57(8)43-68/h10-49H,1-8H3. The van der Waals surface area contributed by atoms with Crippen LogP contribution in [0, 0.1) is 62.0 Å². The van der Waals surface area contributed by atoms with Gasteiger partial charge in [-0.1, -0.05) is 220 Å². The van der Waals surface area contributed by atoms with E-state index in [4.69, 9.17) is 21.5 Å². The predicted molar refractivity (Wildman–Crippen MR) is 376 cm³/mol. The van der Waals surface area contributed by atoms with Crippen LogP contribution in [-0.2, 0) is 0 Å². The van der Waals surface area contributed by atoms with Gasteiger partial charge in [-0.15, -0.1) is 0 Å². The summed E-state index contributed by atoms with van der Waals surface area (Å²) in [6.07, 6.45) is 0. The van der Waals surface area contributed by atoms with Crippen LogP contribution in [0.1, 0.15) is 44.5 Å². The SMILES string of the molecule is [C-]#[N+]c1ccc(-n2c3ccc(-c4cc(C)cc(C)c4)cc3c3cc(-c4cc(C)cc(C)c4)ccc32)c(-c2ccc(-c3nc(-c4ccccc4)nc(-c4ccccc4)n3)cc2-n2c3ccc(-c4cc(C)cc(C)c4)cc3c3cc(-c4cc(C)cc(C)c4)ccc32)c1. The maximum atomic E-state index is 8.64. The molecule has 0 atom stereocenters. The number of hydrogen-bond donors (Lipinski definition) is 0. The second-order valence-corrected chi connectivity index (χ2v) is 24.7. The largest absolute Gasteiger partial charge is 0.309 e. The first kappa shape index (κ1) is 55.3. The van der Waals surface area contributed by atoms with Crippen LogP contribution >= 0.6 is 0 Å². The molecule has 0 amide bonds. The summed E-state index contributed by atoms with van der Waals surface area (Å²) in [6, 6.07) is 88.1. The molecular weight excluding hydrogens is 1090 g/mol. The molecule has 0 saturated heterocycles. The molecule has 6 heteroatoms. The Labute approximate surface area is 525 Å². The lowest BCUT2D eigenvalue weighted by molar-refractivity contribution is 1.07. The highest BCUT2D eigenvalue weighted by atomic mass is 15.0. The third-order valence-electron chi connectivity index (χ3n) is 17.6. The fourth-order valence-corrected chi connectivity index (χ4v) is 13.9. The number of fused-ring (bicyclic) bond motifs is 6. The van der Waals surface area contributed by atoms with Crippen molar-refractivity contribution in [2.45, 2.75) is 55.4 Å². The third-order valence-corrected chi connectivity index (χ3v) is 17.6. The first-order valence-corrected chi connectivity index (χ1v) is 30.8. The van der Waals surface area contributed by atoms with E-state index in [-0.39, 0.29) is 0 Å². The second-order valence-electron chi connectivity index (χ2n) is 24.7. The molecule has 90 heavy (non-hydrogen) atoms. The number of aromatic nitrogens is 5. The minimum Gasteiger partial charge on any atom is -0.309 e. The maximum absolute atomic E-state index is 8.64. The van der Waals surface area contributed by atoms with E-state index >= 15 is 0 Å². The molecule has 0 radical (unpaired) electrons. The average molecular weight is 1160 g/mol. The van der Waals surface area contributed by atoms with E-state index in [0.717, 1.165) is 105 Å². The van der Waals surface area contributed by atoms with Crippen molar-refractivity contribution in [1.82, 2.24) is 24.1 Å². The van der Waals surface area contributed by atoms with E-state index in [9.17, 15) is 0 Å². The Morgan fingerprint density at radius 2 is 0.578 bits per heavy atom. The third kappa shape index (κ3) is 10.1. The summed E-state index contributed by atoms with van der Waals surface area (Å²) in [5.74, 6) is 1.71. The van der Waals surface area contributed by atoms with Gasteiger partial charge in [0.2, 0.25) is 0 Å². The fraction of sp³-hybridized carbons (Fsp3) is 0.0952. The Kier molecular flexibility index (Phi) is 13.6. The smallest absolute Gasteiger partial charge is 0.188 e. The Bertz CT molecular complexity index is 5110. The zero-order chi connectivity index (χ0) is 61.5. The molecule has 6 nitrogen and oxygen atoms in total. The molecule has 3 aromatic heterocycles. The van der Waals surface area contributed by atoms with Crippen LogP contribution in [0.25, 0.3) is 150 Å². The first-order chi connectivity index (χ1) is 43.7. The molecular formula is C84H64N6. The van der Waals surface area contributed by atoms with Crippen LogP contribution in [0.4, 0.5) is 5.69 Å². The Balaban J connectivity index is 1.04. The number of hydrogen-bond acceptors (Lipinski definition) is 3. The van der Waals surface area contributed by atoms with Crippen molar-refractivity contribution >= 4 is 49.3 Å². The van der Waals surface area contributed by atoms with Gasteiger partial charge in [-0.25, -0.2) is 19.8 Å². The lowest BCUT2D eigenvalue weighted by Crippen LogP contribution is -2.04. The minimum absolute atomic E-state index is 0.537. The molecule has 0 aliphatic heterocycles. The molecule has 0 N–H and O–H groups in total. The molecule has 0 fully saturated rings. The molecule has 3 heterocycles. The maximum Gasteiger partial charge on any atom is 0.188 e. The van der Waals surface area contributed by atoms with E-state index in [0.29, 0.717) is 23.2 Å². The highest BCUT2D eigenvalue weighted by Crippen LogP contribution is 2.46. The van der Waals surface area contributed by atoms with Crippen molar-refractivity contribution in [1.29, 1.82) is 0 Å². The number of rotatable bonds is 10. The number of nitrogens with zero attached hydrogens (tertiary/aromatic N) is 6. The molecule has 12 aromatic carbocycles. The molecule has 0 bridgehead atoms. The summed E-state index contributed by atoms with van der Waals surface area (Å²) < 4.78 is 4.86. The van der Waals surface area contributed by atoms with Crippen molar-refractivity contribution < 1.29 is 0 Å². The van der Waals surface area contributed by atoms with Gasteiger partial charge in [0.25, 0.3) is 0 Å². The van der Waals surface area contributed by atoms with Crippen molar-refractivity contribution in [3.8, 4) is 101 Å². The second kappa shape index (κ2) is 22.2. The van der Waals surface area contributed by atoms with Gasteiger partial charge in [-0.05, 0) is 172 Å². The van der Waals surface area contributed by atoms with Gasteiger partial charge in [-0.2, -0.15) is 0 Å². The van der Waals surface area contributed by atoms with Gasteiger partial charge in [0, 0.05) is 43.8 Å². The average Bonchev–Trinajstić information content (AvgIpc) is 1.56. The zero-order valence-electron chi connectivity index (χ0n) is 51.8. The van der Waals surface area contributed by atoms with Crippen LogP contribution in [0.3, 0.4) is 0 Å². The van der Waals surface area contributed by atoms with Crippen molar-refractivity contribution in [2.24, 2.45) is 0 Å². The van der Waals surface area contributed by atoms with Crippen molar-refractivity contribution in [2.75, 3.05) is 0 Å². The Morgan fingerprint density at radius 3 is 0.922 bits per heavy atom. The summed E-state index contributed by atoms with van der Waals surface area (Å²) in [5.41, 5.74) is 30.2. The zero-order valence-corrected chi connectivity index (χ0v) is 51.8. The topological polar surface area (TPSA) is 52.9 Å². The van der Waals surface area contributed by atoms with E-state index in [1.54, 1.807) is 0 Å². The van der Waals surface area contributed by atoms with Gasteiger partial charge in [0.05, 0.1) is 40.0 Å². The van der Waals surface area contributed by atoms with Crippen LogP contribution in [0.15, 0.2) is 243 Å². The lowest BCUT2D eigenvalue weighted by Gasteiger charge is -2.20. The minimum atomic E-state index is 0.537. The van der Waals surface area contributed by atoms with Crippen LogP contribution in [-0.4, -0.2) is 24.1 Å². The van der Waals surface area contributed by atoms with E-state index in [2.05, 4.69) is 245 Å².